The summed E-state index contributed by atoms with van der Waals surface area (Å²) in [7, 11) is 3.35. The number of hydroxylamine groups is 4. The average Bonchev–Trinajstić information content (AvgIpc) is 3.16. The zero-order valence-electron chi connectivity index (χ0n) is 16.1. The molecular weight excluding hydrogens is 372 g/mol. The van der Waals surface area contributed by atoms with Crippen molar-refractivity contribution in [3.8, 4) is 0 Å². The lowest BCUT2D eigenvalue weighted by Gasteiger charge is -2.29. The fourth-order valence-corrected chi connectivity index (χ4v) is 3.20. The third kappa shape index (κ3) is 5.99. The lowest BCUT2D eigenvalue weighted by molar-refractivity contribution is -0.179. The Morgan fingerprint density at radius 1 is 1.00 bits per heavy atom. The first-order valence-corrected chi connectivity index (χ1v) is 9.21. The van der Waals surface area contributed by atoms with Crippen molar-refractivity contribution in [1.82, 2.24) is 20.3 Å². The Hall–Kier alpha value is -2.53. The molecule has 1 N–H and O–H groups in total. The van der Waals surface area contributed by atoms with Crippen LogP contribution < -0.4 is 5.32 Å². The van der Waals surface area contributed by atoms with Gasteiger partial charge in [0.15, 0.2) is 0 Å². The van der Waals surface area contributed by atoms with Crippen molar-refractivity contribution in [1.29, 1.82) is 0 Å². The summed E-state index contributed by atoms with van der Waals surface area (Å²) in [5.74, 6) is -1.03. The van der Waals surface area contributed by atoms with Crippen LogP contribution in [-0.4, -0.2) is 78.5 Å². The topological polar surface area (TPSA) is 126 Å². The SMILES string of the molecule is CN1CCCC(CNC(=O)ON2C(=O)CCC2=O)C1.CON1C(=O)CCC1=O. The number of hydrogen-bond acceptors (Lipinski definition) is 8. The molecule has 3 rings (SSSR count). The number of piperidine rings is 1. The van der Waals surface area contributed by atoms with Crippen molar-refractivity contribution >= 4 is 29.7 Å². The van der Waals surface area contributed by atoms with Crippen LogP contribution in [0.15, 0.2) is 0 Å². The van der Waals surface area contributed by atoms with Crippen LogP contribution in [0.4, 0.5) is 4.79 Å². The monoisotopic (exact) mass is 398 g/mol. The fraction of sp³-hybridized carbons (Fsp3) is 0.706. The number of carbonyl (C=O) groups is 5. The van der Waals surface area contributed by atoms with Gasteiger partial charge in [-0.1, -0.05) is 0 Å². The number of nitrogens with zero attached hydrogens (tertiary/aromatic N) is 3. The summed E-state index contributed by atoms with van der Waals surface area (Å²) in [6.45, 7) is 2.51. The number of imide groups is 2. The second kappa shape index (κ2) is 10.1. The van der Waals surface area contributed by atoms with E-state index in [2.05, 4.69) is 15.1 Å². The van der Waals surface area contributed by atoms with Crippen molar-refractivity contribution in [2.75, 3.05) is 33.8 Å². The minimum atomic E-state index is -0.739. The van der Waals surface area contributed by atoms with Crippen LogP contribution in [0.3, 0.4) is 0 Å². The Labute approximate surface area is 162 Å². The van der Waals surface area contributed by atoms with Crippen molar-refractivity contribution in [2.24, 2.45) is 5.92 Å². The van der Waals surface area contributed by atoms with Gasteiger partial charge in [0.25, 0.3) is 23.6 Å². The van der Waals surface area contributed by atoms with E-state index in [1.807, 2.05) is 7.05 Å². The summed E-state index contributed by atoms with van der Waals surface area (Å²) in [6.07, 6.45) is 2.22. The molecule has 0 aromatic carbocycles. The molecule has 11 nitrogen and oxygen atoms in total. The number of carbonyl (C=O) groups excluding carboxylic acids is 5. The molecule has 3 aliphatic heterocycles. The van der Waals surface area contributed by atoms with Gasteiger partial charge in [0, 0.05) is 38.8 Å². The van der Waals surface area contributed by atoms with E-state index >= 15 is 0 Å². The molecule has 1 unspecified atom stereocenters. The third-order valence-corrected chi connectivity index (χ3v) is 4.63. The highest BCUT2D eigenvalue weighted by Crippen LogP contribution is 2.15. The molecule has 0 spiro atoms. The number of nitrogens with one attached hydrogen (secondary N) is 1. The molecule has 0 radical (unpaired) electrons. The Balaban J connectivity index is 0.000000261. The molecule has 11 heteroatoms. The normalized spacial score (nSPS) is 23.0. The van der Waals surface area contributed by atoms with Crippen molar-refractivity contribution in [3.63, 3.8) is 0 Å². The molecule has 0 bridgehead atoms. The molecule has 0 aromatic heterocycles. The number of amides is 5. The summed E-state index contributed by atoms with van der Waals surface area (Å²) in [6, 6.07) is 0. The highest BCUT2D eigenvalue weighted by molar-refractivity contribution is 6.01. The molecule has 5 amide bonds. The average molecular weight is 398 g/mol. The van der Waals surface area contributed by atoms with Gasteiger partial charge < -0.3 is 15.1 Å². The van der Waals surface area contributed by atoms with Gasteiger partial charge in [0.1, 0.15) is 0 Å². The van der Waals surface area contributed by atoms with Gasteiger partial charge >= 0.3 is 6.09 Å². The third-order valence-electron chi connectivity index (χ3n) is 4.63. The lowest BCUT2D eigenvalue weighted by Crippen LogP contribution is -2.42. The maximum atomic E-state index is 11.5. The first-order chi connectivity index (χ1) is 13.3. The van der Waals surface area contributed by atoms with Crippen LogP contribution in [0, 0.1) is 5.92 Å². The molecule has 28 heavy (non-hydrogen) atoms. The molecule has 1 atom stereocenters. The number of hydrogen-bond donors (Lipinski definition) is 1. The molecular formula is C17H26N4O7. The predicted octanol–water partition coefficient (Wildman–Crippen LogP) is -0.185. The fourth-order valence-electron chi connectivity index (χ4n) is 3.20. The van der Waals surface area contributed by atoms with E-state index < -0.39 is 17.9 Å². The highest BCUT2D eigenvalue weighted by Gasteiger charge is 2.33. The summed E-state index contributed by atoms with van der Waals surface area (Å²) < 4.78 is 0. The van der Waals surface area contributed by atoms with E-state index in [1.54, 1.807) is 0 Å². The van der Waals surface area contributed by atoms with Crippen LogP contribution in [0.5, 0.6) is 0 Å². The predicted molar refractivity (Wildman–Crippen MR) is 93.9 cm³/mol. The van der Waals surface area contributed by atoms with Gasteiger partial charge in [-0.2, -0.15) is 5.06 Å². The van der Waals surface area contributed by atoms with Gasteiger partial charge in [0.2, 0.25) is 0 Å². The molecule has 3 heterocycles. The van der Waals surface area contributed by atoms with Crippen LogP contribution >= 0.6 is 0 Å². The maximum Gasteiger partial charge on any atom is 0.432 e. The van der Waals surface area contributed by atoms with Gasteiger partial charge in [-0.05, 0) is 32.4 Å². The first kappa shape index (κ1) is 21.8. The Morgan fingerprint density at radius 2 is 1.54 bits per heavy atom. The van der Waals surface area contributed by atoms with E-state index in [0.29, 0.717) is 17.5 Å². The Morgan fingerprint density at radius 3 is 2.00 bits per heavy atom. The number of likely N-dealkylation sites (tertiary alicyclic amines) is 1. The van der Waals surface area contributed by atoms with E-state index in [0.717, 1.165) is 31.0 Å². The second-order valence-corrected chi connectivity index (χ2v) is 6.88. The smallest absolute Gasteiger partial charge is 0.319 e. The molecule has 0 saturated carbocycles. The molecule has 3 saturated heterocycles. The van der Waals surface area contributed by atoms with E-state index in [-0.39, 0.29) is 37.5 Å². The minimum Gasteiger partial charge on any atom is -0.319 e. The summed E-state index contributed by atoms with van der Waals surface area (Å²) in [4.78, 5) is 66.6. The highest BCUT2D eigenvalue weighted by atomic mass is 16.7. The molecule has 156 valence electrons. The largest absolute Gasteiger partial charge is 0.432 e. The molecule has 0 aromatic rings. The van der Waals surface area contributed by atoms with Crippen molar-refractivity contribution in [2.45, 2.75) is 38.5 Å². The summed E-state index contributed by atoms with van der Waals surface area (Å²) in [5.41, 5.74) is 0. The summed E-state index contributed by atoms with van der Waals surface area (Å²) in [5, 5.41) is 3.96. The Kier molecular flexibility index (Phi) is 7.88. The Bertz CT molecular complexity index is 607. The number of rotatable bonds is 4. The maximum absolute atomic E-state index is 11.5. The zero-order chi connectivity index (χ0) is 20.7. The minimum absolute atomic E-state index is 0.111. The van der Waals surface area contributed by atoms with Crippen molar-refractivity contribution < 1.29 is 33.6 Å². The summed E-state index contributed by atoms with van der Waals surface area (Å²) >= 11 is 0. The lowest BCUT2D eigenvalue weighted by atomic mass is 9.99. The van der Waals surface area contributed by atoms with Gasteiger partial charge in [-0.15, -0.1) is 5.06 Å². The van der Waals surface area contributed by atoms with Crippen LogP contribution in [0.1, 0.15) is 38.5 Å². The molecule has 0 aliphatic carbocycles. The first-order valence-electron chi connectivity index (χ1n) is 9.21. The van der Waals surface area contributed by atoms with Gasteiger partial charge in [-0.25, -0.2) is 4.79 Å². The zero-order valence-corrected chi connectivity index (χ0v) is 16.1. The quantitative estimate of drug-likeness (QED) is 0.646. The van der Waals surface area contributed by atoms with Gasteiger partial charge in [-0.3, -0.25) is 24.0 Å². The van der Waals surface area contributed by atoms with Crippen LogP contribution in [0.25, 0.3) is 0 Å². The van der Waals surface area contributed by atoms with Crippen LogP contribution in [0.2, 0.25) is 0 Å². The standard InChI is InChI=1S/C12H19N3O4.C5H7NO3/c1-14-6-2-3-9(8-14)7-13-12(18)19-15-10(16)4-5-11(15)17;1-9-6-4(7)2-3-5(6)8/h9H,2-8H2,1H3,(H,13,18);2-3H2,1H3. The van der Waals surface area contributed by atoms with E-state index in [4.69, 9.17) is 4.84 Å². The van der Waals surface area contributed by atoms with E-state index in [9.17, 15) is 24.0 Å². The van der Waals surface area contributed by atoms with Crippen LogP contribution in [-0.2, 0) is 28.9 Å². The molecule has 3 aliphatic rings. The second-order valence-electron chi connectivity index (χ2n) is 6.88. The van der Waals surface area contributed by atoms with Gasteiger partial charge in [0.05, 0.1) is 7.11 Å². The molecule has 3 fully saturated rings. The van der Waals surface area contributed by atoms with Crippen molar-refractivity contribution in [3.05, 3.63) is 0 Å². The van der Waals surface area contributed by atoms with E-state index in [1.165, 1.54) is 7.11 Å².